The lowest BCUT2D eigenvalue weighted by Crippen LogP contribution is -2.14. The molecule has 0 saturated carbocycles. The molecule has 0 amide bonds. The number of carbonyl (C=O) groups is 2. The molecule has 0 unspecified atom stereocenters. The van der Waals surface area contributed by atoms with E-state index < -0.39 is 5.97 Å². The predicted octanol–water partition coefficient (Wildman–Crippen LogP) is 1.38. The summed E-state index contributed by atoms with van der Waals surface area (Å²) in [7, 11) is 0. The highest BCUT2D eigenvalue weighted by atomic mass is 16.6. The Hall–Kier alpha value is -2.00. The molecule has 0 aliphatic carbocycles. The van der Waals surface area contributed by atoms with Gasteiger partial charge in [-0.15, -0.1) is 0 Å². The number of ether oxygens (including phenoxy) is 5. The standard InChI is InChI=1S/C18H26O8/c19-17(20)6-7-22-8-9-23-10-11-24-12-13-25-14-15-26-18(21)16-4-2-1-3-5-16/h1-5H,6-15H2,(H,19,20). The quantitative estimate of drug-likeness (QED) is 0.344. The fraction of sp³-hybridized carbons (Fsp3) is 0.556. The summed E-state index contributed by atoms with van der Waals surface area (Å²) in [5, 5.41) is 8.42. The first kappa shape index (κ1) is 22.0. The zero-order valence-electron chi connectivity index (χ0n) is 14.8. The van der Waals surface area contributed by atoms with Gasteiger partial charge in [0.2, 0.25) is 0 Å². The summed E-state index contributed by atoms with van der Waals surface area (Å²) >= 11 is 0. The van der Waals surface area contributed by atoms with Crippen LogP contribution in [0.5, 0.6) is 0 Å². The fourth-order valence-electron chi connectivity index (χ4n) is 1.77. The van der Waals surface area contributed by atoms with Gasteiger partial charge in [-0.25, -0.2) is 4.79 Å². The molecule has 0 heterocycles. The first-order chi connectivity index (χ1) is 12.7. The Balaban J connectivity index is 1.78. The second-order valence-electron chi connectivity index (χ2n) is 5.10. The van der Waals surface area contributed by atoms with Gasteiger partial charge in [-0.1, -0.05) is 18.2 Å². The van der Waals surface area contributed by atoms with Crippen molar-refractivity contribution >= 4 is 11.9 Å². The van der Waals surface area contributed by atoms with Gasteiger partial charge in [-0.3, -0.25) is 4.79 Å². The maximum absolute atomic E-state index is 11.6. The zero-order chi connectivity index (χ0) is 18.9. The lowest BCUT2D eigenvalue weighted by molar-refractivity contribution is -0.138. The third-order valence-electron chi connectivity index (χ3n) is 3.05. The minimum atomic E-state index is -0.879. The van der Waals surface area contributed by atoms with Crippen LogP contribution in [-0.4, -0.2) is 76.5 Å². The van der Waals surface area contributed by atoms with E-state index in [1.807, 2.05) is 6.07 Å². The Morgan fingerprint density at radius 3 is 1.65 bits per heavy atom. The smallest absolute Gasteiger partial charge is 0.338 e. The molecule has 0 aliphatic rings. The van der Waals surface area contributed by atoms with Crippen molar-refractivity contribution in [3.63, 3.8) is 0 Å². The molecule has 1 aromatic rings. The summed E-state index contributed by atoms with van der Waals surface area (Å²) in [6.07, 6.45) is -0.00539. The molecule has 1 N–H and O–H groups in total. The third-order valence-corrected chi connectivity index (χ3v) is 3.05. The number of benzene rings is 1. The highest BCUT2D eigenvalue weighted by Crippen LogP contribution is 2.00. The van der Waals surface area contributed by atoms with Crippen molar-refractivity contribution in [3.8, 4) is 0 Å². The molecule has 0 atom stereocenters. The van der Waals surface area contributed by atoms with Gasteiger partial charge in [-0.2, -0.15) is 0 Å². The van der Waals surface area contributed by atoms with E-state index in [1.54, 1.807) is 24.3 Å². The van der Waals surface area contributed by atoms with Gasteiger partial charge in [0, 0.05) is 0 Å². The molecule has 0 aliphatic heterocycles. The molecule has 1 aromatic carbocycles. The van der Waals surface area contributed by atoms with E-state index in [2.05, 4.69) is 0 Å². The highest BCUT2D eigenvalue weighted by Gasteiger charge is 2.04. The molecule has 0 aromatic heterocycles. The lowest BCUT2D eigenvalue weighted by Gasteiger charge is -2.08. The van der Waals surface area contributed by atoms with E-state index in [4.69, 9.17) is 28.8 Å². The molecule has 0 bridgehead atoms. The Bertz CT molecular complexity index is 491. The Kier molecular flexibility index (Phi) is 12.9. The Morgan fingerprint density at radius 2 is 1.15 bits per heavy atom. The van der Waals surface area contributed by atoms with E-state index >= 15 is 0 Å². The molecule has 0 saturated heterocycles. The second-order valence-corrected chi connectivity index (χ2v) is 5.10. The lowest BCUT2D eigenvalue weighted by atomic mass is 10.2. The minimum Gasteiger partial charge on any atom is -0.481 e. The number of hydrogen-bond acceptors (Lipinski definition) is 7. The number of rotatable bonds is 16. The van der Waals surface area contributed by atoms with Crippen molar-refractivity contribution < 1.29 is 38.4 Å². The van der Waals surface area contributed by atoms with Crippen LogP contribution in [0.3, 0.4) is 0 Å². The van der Waals surface area contributed by atoms with Crippen molar-refractivity contribution in [2.45, 2.75) is 6.42 Å². The molecule has 8 heteroatoms. The molecule has 0 radical (unpaired) electrons. The van der Waals surface area contributed by atoms with E-state index in [1.165, 1.54) is 0 Å². The average Bonchev–Trinajstić information content (AvgIpc) is 2.65. The van der Waals surface area contributed by atoms with Gasteiger partial charge in [0.25, 0.3) is 0 Å². The number of aliphatic carboxylic acids is 1. The molecular weight excluding hydrogens is 344 g/mol. The molecule has 0 fully saturated rings. The highest BCUT2D eigenvalue weighted by molar-refractivity contribution is 5.89. The van der Waals surface area contributed by atoms with Gasteiger partial charge in [0.1, 0.15) is 6.61 Å². The van der Waals surface area contributed by atoms with E-state index in [9.17, 15) is 9.59 Å². The van der Waals surface area contributed by atoms with Crippen LogP contribution >= 0.6 is 0 Å². The first-order valence-electron chi connectivity index (χ1n) is 8.45. The zero-order valence-corrected chi connectivity index (χ0v) is 14.8. The van der Waals surface area contributed by atoms with Crippen molar-refractivity contribution in [2.24, 2.45) is 0 Å². The maximum Gasteiger partial charge on any atom is 0.338 e. The largest absolute Gasteiger partial charge is 0.481 e. The van der Waals surface area contributed by atoms with Crippen molar-refractivity contribution in [3.05, 3.63) is 35.9 Å². The molecule has 26 heavy (non-hydrogen) atoms. The van der Waals surface area contributed by atoms with Crippen LogP contribution in [-0.2, 0) is 28.5 Å². The number of hydrogen-bond donors (Lipinski definition) is 1. The monoisotopic (exact) mass is 370 g/mol. The summed E-state index contributed by atoms with van der Waals surface area (Å²) in [5.41, 5.74) is 0.517. The SMILES string of the molecule is O=C(O)CCOCCOCCOCCOCCOC(=O)c1ccccc1. The number of carbonyl (C=O) groups excluding carboxylic acids is 1. The topological polar surface area (TPSA) is 101 Å². The van der Waals surface area contributed by atoms with Gasteiger partial charge in [-0.05, 0) is 12.1 Å². The number of carboxylic acid groups (broad SMARTS) is 1. The minimum absolute atomic E-state index is 0.00539. The van der Waals surface area contributed by atoms with E-state index in [0.29, 0.717) is 51.8 Å². The Morgan fingerprint density at radius 1 is 0.692 bits per heavy atom. The Labute approximate surface area is 152 Å². The van der Waals surface area contributed by atoms with Crippen LogP contribution in [0, 0.1) is 0 Å². The summed E-state index contributed by atoms with van der Waals surface area (Å²) in [4.78, 5) is 21.9. The third kappa shape index (κ3) is 12.4. The molecule has 0 spiro atoms. The number of esters is 1. The van der Waals surface area contributed by atoms with Crippen LogP contribution in [0.2, 0.25) is 0 Å². The van der Waals surface area contributed by atoms with Crippen LogP contribution in [0.4, 0.5) is 0 Å². The van der Waals surface area contributed by atoms with Gasteiger partial charge >= 0.3 is 11.9 Å². The predicted molar refractivity (Wildman–Crippen MR) is 92.3 cm³/mol. The van der Waals surface area contributed by atoms with Crippen molar-refractivity contribution in [1.29, 1.82) is 0 Å². The normalized spacial score (nSPS) is 10.6. The number of carboxylic acids is 1. The second kappa shape index (κ2) is 15.3. The molecule has 1 rings (SSSR count). The summed E-state index contributed by atoms with van der Waals surface area (Å²) in [6, 6.07) is 8.78. The maximum atomic E-state index is 11.6. The molecule has 146 valence electrons. The van der Waals surface area contributed by atoms with Crippen molar-refractivity contribution in [2.75, 3.05) is 59.5 Å². The van der Waals surface area contributed by atoms with Crippen LogP contribution in [0.25, 0.3) is 0 Å². The van der Waals surface area contributed by atoms with E-state index in [0.717, 1.165) is 0 Å². The van der Waals surface area contributed by atoms with Gasteiger partial charge < -0.3 is 28.8 Å². The summed E-state index contributed by atoms with van der Waals surface area (Å²) < 4.78 is 26.0. The van der Waals surface area contributed by atoms with Crippen LogP contribution in [0.15, 0.2) is 30.3 Å². The first-order valence-corrected chi connectivity index (χ1v) is 8.45. The van der Waals surface area contributed by atoms with Crippen LogP contribution in [0.1, 0.15) is 16.8 Å². The van der Waals surface area contributed by atoms with Gasteiger partial charge in [0.05, 0.1) is 64.8 Å². The van der Waals surface area contributed by atoms with Gasteiger partial charge in [0.15, 0.2) is 0 Å². The average molecular weight is 370 g/mol. The van der Waals surface area contributed by atoms with E-state index in [-0.39, 0.29) is 25.6 Å². The molecular formula is C18H26O8. The summed E-state index contributed by atoms with van der Waals surface area (Å²) in [6.45, 7) is 3.13. The fourth-order valence-corrected chi connectivity index (χ4v) is 1.77. The summed E-state index contributed by atoms with van der Waals surface area (Å²) in [5.74, 6) is -1.24. The molecule has 8 nitrogen and oxygen atoms in total. The van der Waals surface area contributed by atoms with Crippen molar-refractivity contribution in [1.82, 2.24) is 0 Å². The van der Waals surface area contributed by atoms with Crippen LogP contribution < -0.4 is 0 Å².